The first kappa shape index (κ1) is 38.9. The van der Waals surface area contributed by atoms with Gasteiger partial charge >= 0.3 is 0 Å². The van der Waals surface area contributed by atoms with Crippen LogP contribution in [-0.4, -0.2) is 62.3 Å². The molecule has 0 aliphatic carbocycles. The van der Waals surface area contributed by atoms with Crippen LogP contribution in [0.5, 0.6) is 0 Å². The number of nitrogens with zero attached hydrogens (tertiary/aromatic N) is 1. The van der Waals surface area contributed by atoms with E-state index in [1.165, 1.54) is 0 Å². The predicted octanol–water partition coefficient (Wildman–Crippen LogP) is 1.86. The molecule has 2 aromatic carbocycles. The average molecular weight is 573 g/mol. The lowest BCUT2D eigenvalue weighted by Crippen LogP contribution is -2.48. The summed E-state index contributed by atoms with van der Waals surface area (Å²) < 4.78 is 4.94. The Labute approximate surface area is 244 Å². The Morgan fingerprint density at radius 2 is 1.46 bits per heavy atom. The number of nitrogens with one attached hydrogen (secondary N) is 2. The van der Waals surface area contributed by atoms with Gasteiger partial charge in [-0.15, -0.1) is 0 Å². The number of benzene rings is 2. The number of amides is 3. The Hall–Kier alpha value is -4.25. The van der Waals surface area contributed by atoms with Crippen LogP contribution in [0, 0.1) is 0 Å². The van der Waals surface area contributed by atoms with Gasteiger partial charge in [-0.1, -0.05) is 67.6 Å². The van der Waals surface area contributed by atoms with Crippen molar-refractivity contribution < 1.29 is 23.9 Å². The van der Waals surface area contributed by atoms with Crippen molar-refractivity contribution in [2.75, 3.05) is 20.2 Å². The standard InChI is InChI=1S/C20H22N2O3.C5H12O.C4H11N3.CH3NO/c23-14-13-21-20(25)18(15-17-9-5-2-6-10-17)22-19(24)12-11-16-7-3-1-4-8-16;1-5(2,3)6-4;1-2-3-7-4(5)6;2-1-3/h1-10,14,18H,11-13,15H2,(H,21,25)(H,22,24);1-4H3;2-3H2,1H3,(H4,5,6,7);1H,(H2,2,3)/t18-;;;/m0.../s1. The first-order valence-corrected chi connectivity index (χ1v) is 13.3. The predicted molar refractivity (Wildman–Crippen MR) is 164 cm³/mol. The third-order valence-corrected chi connectivity index (χ3v) is 4.91. The molecule has 11 heteroatoms. The molecule has 2 rings (SSSR count). The lowest BCUT2D eigenvalue weighted by Gasteiger charge is -2.18. The van der Waals surface area contributed by atoms with Gasteiger partial charge < -0.3 is 37.4 Å². The van der Waals surface area contributed by atoms with Crippen molar-refractivity contribution in [1.29, 1.82) is 0 Å². The van der Waals surface area contributed by atoms with E-state index in [9.17, 15) is 14.4 Å². The third-order valence-electron chi connectivity index (χ3n) is 4.91. The highest BCUT2D eigenvalue weighted by molar-refractivity contribution is 5.88. The normalized spacial score (nSPS) is 10.4. The molecular weight excluding hydrogens is 524 g/mol. The summed E-state index contributed by atoms with van der Waals surface area (Å²) >= 11 is 0. The maximum Gasteiger partial charge on any atom is 0.243 e. The number of aryl methyl sites for hydroxylation is 1. The molecule has 0 saturated heterocycles. The minimum Gasteiger partial charge on any atom is -0.379 e. The van der Waals surface area contributed by atoms with Gasteiger partial charge in [0.05, 0.1) is 12.1 Å². The average Bonchev–Trinajstić information content (AvgIpc) is 2.95. The highest BCUT2D eigenvalue weighted by Gasteiger charge is 2.20. The number of hydrogen-bond donors (Lipinski definition) is 5. The van der Waals surface area contributed by atoms with Crippen molar-refractivity contribution in [3.05, 3.63) is 71.8 Å². The molecule has 41 heavy (non-hydrogen) atoms. The molecule has 0 aliphatic rings. The van der Waals surface area contributed by atoms with Gasteiger partial charge in [0.1, 0.15) is 12.3 Å². The van der Waals surface area contributed by atoms with E-state index in [2.05, 4.69) is 21.4 Å². The summed E-state index contributed by atoms with van der Waals surface area (Å²) in [5.74, 6) is -0.364. The van der Waals surface area contributed by atoms with Crippen molar-refractivity contribution in [3.63, 3.8) is 0 Å². The molecular formula is C30H48N6O5. The van der Waals surface area contributed by atoms with Crippen molar-refractivity contribution >= 4 is 30.5 Å². The van der Waals surface area contributed by atoms with Crippen LogP contribution in [-0.2, 0) is 36.8 Å². The number of aliphatic imine (C=N–C) groups is 1. The fourth-order valence-electron chi connectivity index (χ4n) is 2.73. The van der Waals surface area contributed by atoms with Gasteiger partial charge in [-0.2, -0.15) is 0 Å². The zero-order chi connectivity index (χ0) is 31.5. The van der Waals surface area contributed by atoms with E-state index in [1.807, 2.05) is 88.4 Å². The highest BCUT2D eigenvalue weighted by Crippen LogP contribution is 2.06. The molecule has 0 aliphatic heterocycles. The van der Waals surface area contributed by atoms with Gasteiger partial charge in [-0.25, -0.2) is 0 Å². The maximum absolute atomic E-state index is 12.2. The van der Waals surface area contributed by atoms with E-state index in [0.29, 0.717) is 25.5 Å². The van der Waals surface area contributed by atoms with Crippen LogP contribution in [0.2, 0.25) is 0 Å². The summed E-state index contributed by atoms with van der Waals surface area (Å²) in [7, 11) is 1.71. The summed E-state index contributed by atoms with van der Waals surface area (Å²) in [5, 5.41) is 5.29. The number of carbonyl (C=O) groups is 4. The molecule has 3 amide bonds. The number of primary amides is 1. The Bertz CT molecular complexity index is 991. The first-order chi connectivity index (χ1) is 19.4. The van der Waals surface area contributed by atoms with Crippen molar-refractivity contribution in [2.45, 2.75) is 65.0 Å². The van der Waals surface area contributed by atoms with Crippen LogP contribution in [0.1, 0.15) is 51.7 Å². The quantitative estimate of drug-likeness (QED) is 0.154. The zero-order valence-corrected chi connectivity index (χ0v) is 25.0. The number of ether oxygens (including phenoxy) is 1. The molecule has 11 nitrogen and oxygen atoms in total. The van der Waals surface area contributed by atoms with E-state index < -0.39 is 6.04 Å². The molecule has 2 aromatic rings. The van der Waals surface area contributed by atoms with Gasteiger partial charge in [0.2, 0.25) is 18.2 Å². The monoisotopic (exact) mass is 572 g/mol. The van der Waals surface area contributed by atoms with Gasteiger partial charge in [0, 0.05) is 26.5 Å². The molecule has 0 aromatic heterocycles. The van der Waals surface area contributed by atoms with E-state index in [0.717, 1.165) is 24.1 Å². The lowest BCUT2D eigenvalue weighted by atomic mass is 10.0. The van der Waals surface area contributed by atoms with Crippen LogP contribution < -0.4 is 27.8 Å². The summed E-state index contributed by atoms with van der Waals surface area (Å²) in [6, 6.07) is 18.5. The molecule has 0 heterocycles. The second-order valence-electron chi connectivity index (χ2n) is 9.47. The fourth-order valence-corrected chi connectivity index (χ4v) is 2.73. The number of rotatable bonds is 11. The van der Waals surface area contributed by atoms with Crippen LogP contribution in [0.4, 0.5) is 0 Å². The van der Waals surface area contributed by atoms with Crippen LogP contribution in [0.25, 0.3) is 0 Å². The topological polar surface area (TPSA) is 192 Å². The Morgan fingerprint density at radius 1 is 0.976 bits per heavy atom. The molecule has 0 saturated carbocycles. The Morgan fingerprint density at radius 3 is 1.85 bits per heavy atom. The summed E-state index contributed by atoms with van der Waals surface area (Å²) in [4.78, 5) is 47.2. The lowest BCUT2D eigenvalue weighted by molar-refractivity contribution is -0.129. The number of carbonyl (C=O) groups excluding carboxylic acids is 4. The molecule has 0 bridgehead atoms. The molecule has 0 fully saturated rings. The SMILES string of the molecule is CCCN=C(N)N.COC(C)(C)C.NC=O.O=CCNC(=O)[C@H](Cc1ccccc1)NC(=O)CCc1ccccc1. The Balaban J connectivity index is 0. The van der Waals surface area contributed by atoms with E-state index in [4.69, 9.17) is 21.0 Å². The van der Waals surface area contributed by atoms with Crippen molar-refractivity contribution in [2.24, 2.45) is 22.2 Å². The largest absolute Gasteiger partial charge is 0.379 e. The minimum absolute atomic E-state index is 0.0417. The van der Waals surface area contributed by atoms with Gasteiger partial charge in [-0.3, -0.25) is 19.4 Å². The van der Waals surface area contributed by atoms with Crippen molar-refractivity contribution in [1.82, 2.24) is 10.6 Å². The van der Waals surface area contributed by atoms with Gasteiger partial charge in [-0.05, 0) is 44.7 Å². The van der Waals surface area contributed by atoms with Crippen molar-refractivity contribution in [3.8, 4) is 0 Å². The molecule has 0 unspecified atom stereocenters. The van der Waals surface area contributed by atoms with Gasteiger partial charge in [0.25, 0.3) is 0 Å². The first-order valence-electron chi connectivity index (χ1n) is 13.3. The van der Waals surface area contributed by atoms with E-state index in [1.54, 1.807) is 7.11 Å². The molecule has 1 atom stereocenters. The zero-order valence-electron chi connectivity index (χ0n) is 25.0. The second-order valence-corrected chi connectivity index (χ2v) is 9.47. The fraction of sp³-hybridized carbons (Fsp3) is 0.433. The number of hydrogen-bond acceptors (Lipinski definition) is 6. The summed E-state index contributed by atoms with van der Waals surface area (Å²) in [6.45, 7) is 8.76. The highest BCUT2D eigenvalue weighted by atomic mass is 16.5. The maximum atomic E-state index is 12.2. The van der Waals surface area contributed by atoms with E-state index in [-0.39, 0.29) is 36.3 Å². The number of nitrogens with two attached hydrogens (primary N) is 3. The summed E-state index contributed by atoms with van der Waals surface area (Å²) in [6.07, 6.45) is 3.16. The second kappa shape index (κ2) is 24.8. The smallest absolute Gasteiger partial charge is 0.243 e. The molecule has 0 radical (unpaired) electrons. The molecule has 8 N–H and O–H groups in total. The minimum atomic E-state index is -0.703. The third kappa shape index (κ3) is 25.8. The van der Waals surface area contributed by atoms with E-state index >= 15 is 0 Å². The molecule has 228 valence electrons. The van der Waals surface area contributed by atoms with Crippen LogP contribution in [0.15, 0.2) is 65.7 Å². The number of aldehydes is 1. The number of methoxy groups -OCH3 is 1. The number of guanidine groups is 1. The van der Waals surface area contributed by atoms with Gasteiger partial charge in [0.15, 0.2) is 5.96 Å². The van der Waals surface area contributed by atoms with Crippen LogP contribution in [0.3, 0.4) is 0 Å². The molecule has 0 spiro atoms. The Kier molecular flexibility index (Phi) is 23.5. The summed E-state index contributed by atoms with van der Waals surface area (Å²) in [5.41, 5.74) is 16.2. The van der Waals surface area contributed by atoms with Crippen LogP contribution >= 0.6 is 0 Å².